The summed E-state index contributed by atoms with van der Waals surface area (Å²) in [6, 6.07) is 0.639. The molecule has 0 aliphatic heterocycles. The van der Waals surface area contributed by atoms with Crippen LogP contribution in [0.4, 0.5) is 0 Å². The average molecular weight is 172 g/mol. The fourth-order valence-electron chi connectivity index (χ4n) is 3.04. The van der Waals surface area contributed by atoms with Crippen LogP contribution in [0, 0.1) is 10.8 Å². The van der Waals surface area contributed by atoms with Crippen LogP contribution in [0.2, 0.25) is 0 Å². The van der Waals surface area contributed by atoms with Gasteiger partial charge in [0.25, 0.3) is 0 Å². The van der Waals surface area contributed by atoms with E-state index in [9.17, 15) is 0 Å². The fourth-order valence-corrected chi connectivity index (χ4v) is 3.04. The number of quaternary nitrogens is 2. The molecule has 12 heavy (non-hydrogen) atoms. The first-order valence-corrected chi connectivity index (χ1v) is 4.99. The zero-order valence-corrected chi connectivity index (χ0v) is 8.82. The number of hydrogen-bond acceptors (Lipinski definition) is 0. The van der Waals surface area contributed by atoms with Gasteiger partial charge in [0.15, 0.2) is 0 Å². The molecule has 1 aliphatic rings. The van der Waals surface area contributed by atoms with Crippen LogP contribution in [0.15, 0.2) is 0 Å². The van der Waals surface area contributed by atoms with Gasteiger partial charge in [0, 0.05) is 18.3 Å². The minimum Gasteiger partial charge on any atom is -0.357 e. The SMILES string of the molecule is CC1(C)C[C@H]([NH3+])C[C@](C)(C[NH3+])C1. The zero-order chi connectivity index (χ0) is 9.41. The van der Waals surface area contributed by atoms with Gasteiger partial charge in [-0.2, -0.15) is 0 Å². The Labute approximate surface area is 75.7 Å². The Hall–Kier alpha value is -0.0800. The normalized spacial score (nSPS) is 41.2. The lowest BCUT2D eigenvalue weighted by molar-refractivity contribution is -0.451. The maximum Gasteiger partial charge on any atom is 0.0856 e. The predicted molar refractivity (Wildman–Crippen MR) is 50.2 cm³/mol. The molecule has 6 N–H and O–H groups in total. The minimum absolute atomic E-state index is 0.453. The van der Waals surface area contributed by atoms with Gasteiger partial charge in [-0.25, -0.2) is 0 Å². The molecule has 2 nitrogen and oxygen atoms in total. The smallest absolute Gasteiger partial charge is 0.0856 e. The van der Waals surface area contributed by atoms with Gasteiger partial charge in [0.05, 0.1) is 12.6 Å². The van der Waals surface area contributed by atoms with E-state index in [1.807, 2.05) is 0 Å². The molecule has 0 aromatic carbocycles. The Morgan fingerprint density at radius 2 is 1.83 bits per heavy atom. The Balaban J connectivity index is 2.70. The standard InChI is InChI=1S/C10H22N2/c1-9(2)4-8(12)5-10(3,6-9)7-11/h8H,4-7,11-12H2,1-3H3/p+2/t8-,10-/m0/s1. The molecule has 2 heteroatoms. The highest BCUT2D eigenvalue weighted by Crippen LogP contribution is 2.43. The van der Waals surface area contributed by atoms with Crippen LogP contribution in [0.5, 0.6) is 0 Å². The third-order valence-corrected chi connectivity index (χ3v) is 3.13. The average Bonchev–Trinajstić information content (AvgIpc) is 1.82. The summed E-state index contributed by atoms with van der Waals surface area (Å²) < 4.78 is 0. The van der Waals surface area contributed by atoms with Gasteiger partial charge >= 0.3 is 0 Å². The van der Waals surface area contributed by atoms with Gasteiger partial charge in [-0.1, -0.05) is 20.8 Å². The maximum absolute atomic E-state index is 4.21. The maximum atomic E-state index is 4.21. The molecule has 0 spiro atoms. The molecule has 2 atom stereocenters. The molecule has 0 bridgehead atoms. The first kappa shape index (κ1) is 10.0. The van der Waals surface area contributed by atoms with Crippen LogP contribution >= 0.6 is 0 Å². The van der Waals surface area contributed by atoms with Gasteiger partial charge in [0.2, 0.25) is 0 Å². The van der Waals surface area contributed by atoms with E-state index in [1.165, 1.54) is 19.3 Å². The molecule has 0 unspecified atom stereocenters. The van der Waals surface area contributed by atoms with E-state index in [1.54, 1.807) is 0 Å². The van der Waals surface area contributed by atoms with Crippen LogP contribution in [0.25, 0.3) is 0 Å². The van der Waals surface area contributed by atoms with Crippen molar-refractivity contribution < 1.29 is 11.5 Å². The summed E-state index contributed by atoms with van der Waals surface area (Å²) in [5, 5.41) is 0. The summed E-state index contributed by atoms with van der Waals surface area (Å²) in [7, 11) is 0. The van der Waals surface area contributed by atoms with E-state index < -0.39 is 0 Å². The summed E-state index contributed by atoms with van der Waals surface area (Å²) in [6.45, 7) is 8.14. The summed E-state index contributed by atoms with van der Waals surface area (Å²) in [5.41, 5.74) is 9.20. The van der Waals surface area contributed by atoms with E-state index in [-0.39, 0.29) is 0 Å². The molecule has 1 aliphatic carbocycles. The van der Waals surface area contributed by atoms with Crippen molar-refractivity contribution in [3.05, 3.63) is 0 Å². The molecule has 1 fully saturated rings. The number of hydrogen-bond donors (Lipinski definition) is 2. The van der Waals surface area contributed by atoms with Crippen molar-refractivity contribution in [3.63, 3.8) is 0 Å². The van der Waals surface area contributed by atoms with Gasteiger partial charge in [-0.05, 0) is 11.8 Å². The lowest BCUT2D eigenvalue weighted by Crippen LogP contribution is -2.69. The van der Waals surface area contributed by atoms with Crippen LogP contribution in [-0.2, 0) is 0 Å². The van der Waals surface area contributed by atoms with Crippen molar-refractivity contribution in [3.8, 4) is 0 Å². The second kappa shape index (κ2) is 3.00. The van der Waals surface area contributed by atoms with Crippen LogP contribution in [0.1, 0.15) is 40.0 Å². The van der Waals surface area contributed by atoms with Gasteiger partial charge in [0.1, 0.15) is 0 Å². The van der Waals surface area contributed by atoms with Crippen LogP contribution < -0.4 is 11.5 Å². The third kappa shape index (κ3) is 2.20. The van der Waals surface area contributed by atoms with E-state index in [4.69, 9.17) is 0 Å². The van der Waals surface area contributed by atoms with E-state index >= 15 is 0 Å². The monoisotopic (exact) mass is 172 g/mol. The second-order valence-corrected chi connectivity index (χ2v) is 5.68. The summed E-state index contributed by atoms with van der Waals surface area (Å²) in [4.78, 5) is 0. The topological polar surface area (TPSA) is 55.3 Å². The zero-order valence-electron chi connectivity index (χ0n) is 8.82. The molecule has 0 aromatic heterocycles. The molecular formula is C10H24N2+2. The van der Waals surface area contributed by atoms with Crippen molar-refractivity contribution in [1.29, 1.82) is 0 Å². The number of rotatable bonds is 1. The van der Waals surface area contributed by atoms with Gasteiger partial charge in [-0.15, -0.1) is 0 Å². The fraction of sp³-hybridized carbons (Fsp3) is 1.00. The van der Waals surface area contributed by atoms with Crippen LogP contribution in [0.3, 0.4) is 0 Å². The molecule has 0 heterocycles. The van der Waals surface area contributed by atoms with Crippen molar-refractivity contribution in [2.75, 3.05) is 6.54 Å². The van der Waals surface area contributed by atoms with E-state index in [2.05, 4.69) is 32.2 Å². The van der Waals surface area contributed by atoms with Gasteiger partial charge in [-0.3, -0.25) is 0 Å². The second-order valence-electron chi connectivity index (χ2n) is 5.68. The Morgan fingerprint density at radius 1 is 1.25 bits per heavy atom. The lowest BCUT2D eigenvalue weighted by Gasteiger charge is -2.42. The highest BCUT2D eigenvalue weighted by Gasteiger charge is 2.41. The predicted octanol–water partition coefficient (Wildman–Crippen LogP) is 0.0552. The summed E-state index contributed by atoms with van der Waals surface area (Å²) in [6.07, 6.45) is 3.86. The van der Waals surface area contributed by atoms with Crippen molar-refractivity contribution in [2.24, 2.45) is 10.8 Å². The molecule has 1 saturated carbocycles. The molecule has 0 aromatic rings. The highest BCUT2D eigenvalue weighted by molar-refractivity contribution is 4.90. The quantitative estimate of drug-likeness (QED) is 0.562. The Morgan fingerprint density at radius 3 is 2.25 bits per heavy atom. The highest BCUT2D eigenvalue weighted by atomic mass is 14.7. The summed E-state index contributed by atoms with van der Waals surface area (Å²) >= 11 is 0. The molecular weight excluding hydrogens is 148 g/mol. The van der Waals surface area contributed by atoms with Crippen LogP contribution in [-0.4, -0.2) is 12.6 Å². The van der Waals surface area contributed by atoms with E-state index in [0.717, 1.165) is 6.54 Å². The van der Waals surface area contributed by atoms with Crippen molar-refractivity contribution in [1.82, 2.24) is 0 Å². The summed E-state index contributed by atoms with van der Waals surface area (Å²) in [5.74, 6) is 0. The third-order valence-electron chi connectivity index (χ3n) is 3.13. The van der Waals surface area contributed by atoms with Crippen molar-refractivity contribution in [2.45, 2.75) is 46.1 Å². The molecule has 0 saturated heterocycles. The Bertz CT molecular complexity index is 165. The van der Waals surface area contributed by atoms with E-state index in [0.29, 0.717) is 16.9 Å². The lowest BCUT2D eigenvalue weighted by atomic mass is 9.63. The largest absolute Gasteiger partial charge is 0.357 e. The molecule has 0 radical (unpaired) electrons. The molecule has 1 rings (SSSR count). The Kier molecular flexibility index (Phi) is 2.50. The minimum atomic E-state index is 0.453. The first-order chi connectivity index (χ1) is 5.37. The first-order valence-electron chi connectivity index (χ1n) is 4.99. The molecule has 0 amide bonds. The van der Waals surface area contributed by atoms with Gasteiger partial charge < -0.3 is 11.5 Å². The van der Waals surface area contributed by atoms with Crippen molar-refractivity contribution >= 4 is 0 Å². The molecule has 72 valence electrons.